The summed E-state index contributed by atoms with van der Waals surface area (Å²) in [5.41, 5.74) is 0. The number of para-hydroxylation sites is 2. The summed E-state index contributed by atoms with van der Waals surface area (Å²) in [5, 5.41) is 6.81. The Hall–Kier alpha value is -1.94. The molecule has 2 unspecified atom stereocenters. The molecule has 0 aliphatic carbocycles. The van der Waals surface area contributed by atoms with Gasteiger partial charge in [-0.1, -0.05) is 18.6 Å². The van der Waals surface area contributed by atoms with Crippen LogP contribution in [0.1, 0.15) is 38.0 Å². The standard InChI is InChI=1S/C23H34N4O3.HI/c1-18(30-22-11-6-5-10-21(22)28-3)16-25-23(24-2)26-17-19(20-12-9-15-29-20)27-13-7-4-8-14-27;/h5-6,9-12,15,18-19H,4,7-8,13-14,16-17H2,1-3H3,(H2,24,25,26);1H. The van der Waals surface area contributed by atoms with Crippen molar-refractivity contribution in [3.05, 3.63) is 48.4 Å². The molecular weight excluding hydrogens is 507 g/mol. The SMILES string of the molecule is CN=C(NCC(C)Oc1ccccc1OC)NCC(c1ccco1)N1CCCCC1.I. The first-order valence-corrected chi connectivity index (χ1v) is 10.7. The Morgan fingerprint density at radius 2 is 1.77 bits per heavy atom. The average molecular weight is 542 g/mol. The van der Waals surface area contributed by atoms with Gasteiger partial charge in [0.1, 0.15) is 11.9 Å². The fourth-order valence-electron chi connectivity index (χ4n) is 3.75. The Morgan fingerprint density at radius 3 is 2.42 bits per heavy atom. The fraction of sp³-hybridized carbons (Fsp3) is 0.522. The topological polar surface area (TPSA) is 71.3 Å². The van der Waals surface area contributed by atoms with Crippen LogP contribution >= 0.6 is 24.0 Å². The summed E-state index contributed by atoms with van der Waals surface area (Å²) in [6.07, 6.45) is 5.48. The van der Waals surface area contributed by atoms with E-state index in [0.29, 0.717) is 6.54 Å². The number of hydrogen-bond acceptors (Lipinski definition) is 5. The van der Waals surface area contributed by atoms with Crippen LogP contribution in [0.3, 0.4) is 0 Å². The summed E-state index contributed by atoms with van der Waals surface area (Å²) in [6.45, 7) is 5.57. The van der Waals surface area contributed by atoms with Crippen molar-refractivity contribution >= 4 is 29.9 Å². The van der Waals surface area contributed by atoms with Crippen LogP contribution in [0, 0.1) is 0 Å². The van der Waals surface area contributed by atoms with Gasteiger partial charge in [0, 0.05) is 13.6 Å². The molecule has 1 aliphatic rings. The molecule has 8 heteroatoms. The van der Waals surface area contributed by atoms with Crippen LogP contribution in [-0.4, -0.2) is 57.3 Å². The summed E-state index contributed by atoms with van der Waals surface area (Å²) < 4.78 is 17.1. The molecule has 0 bridgehead atoms. The van der Waals surface area contributed by atoms with E-state index in [1.807, 2.05) is 37.3 Å². The number of ether oxygens (including phenoxy) is 2. The molecular formula is C23H35IN4O3. The van der Waals surface area contributed by atoms with Crippen molar-refractivity contribution in [1.82, 2.24) is 15.5 Å². The van der Waals surface area contributed by atoms with Gasteiger partial charge in [0.05, 0.1) is 26.0 Å². The highest BCUT2D eigenvalue weighted by molar-refractivity contribution is 14.0. The molecule has 2 aromatic rings. The Balaban J connectivity index is 0.00000341. The molecule has 172 valence electrons. The van der Waals surface area contributed by atoms with Crippen molar-refractivity contribution in [3.8, 4) is 11.5 Å². The molecule has 2 heterocycles. The fourth-order valence-corrected chi connectivity index (χ4v) is 3.75. The van der Waals surface area contributed by atoms with E-state index in [9.17, 15) is 0 Å². The Morgan fingerprint density at radius 1 is 1.06 bits per heavy atom. The van der Waals surface area contributed by atoms with Gasteiger partial charge in [-0.25, -0.2) is 0 Å². The molecule has 1 aromatic heterocycles. The van der Waals surface area contributed by atoms with E-state index in [-0.39, 0.29) is 36.1 Å². The molecule has 0 spiro atoms. The molecule has 2 atom stereocenters. The molecule has 2 N–H and O–H groups in total. The van der Waals surface area contributed by atoms with Gasteiger partial charge in [0.25, 0.3) is 0 Å². The summed E-state index contributed by atoms with van der Waals surface area (Å²) in [4.78, 5) is 6.86. The predicted molar refractivity (Wildman–Crippen MR) is 135 cm³/mol. The first-order valence-electron chi connectivity index (χ1n) is 10.7. The van der Waals surface area contributed by atoms with Crippen molar-refractivity contribution in [1.29, 1.82) is 0 Å². The van der Waals surface area contributed by atoms with Gasteiger partial charge in [0.15, 0.2) is 17.5 Å². The maximum atomic E-state index is 6.02. The first kappa shape index (κ1) is 25.3. The average Bonchev–Trinajstić information content (AvgIpc) is 3.31. The maximum Gasteiger partial charge on any atom is 0.191 e. The van der Waals surface area contributed by atoms with Gasteiger partial charge in [-0.3, -0.25) is 9.89 Å². The van der Waals surface area contributed by atoms with Gasteiger partial charge < -0.3 is 24.5 Å². The number of nitrogens with one attached hydrogen (secondary N) is 2. The molecule has 0 radical (unpaired) electrons. The number of rotatable bonds is 9. The van der Waals surface area contributed by atoms with E-state index in [1.54, 1.807) is 20.4 Å². The number of benzene rings is 1. The Labute approximate surface area is 202 Å². The van der Waals surface area contributed by atoms with Crippen LogP contribution in [0.15, 0.2) is 52.1 Å². The third-order valence-electron chi connectivity index (χ3n) is 5.34. The van der Waals surface area contributed by atoms with Gasteiger partial charge in [0.2, 0.25) is 0 Å². The lowest BCUT2D eigenvalue weighted by atomic mass is 10.1. The summed E-state index contributed by atoms with van der Waals surface area (Å²) in [7, 11) is 3.43. The number of aliphatic imine (C=N–C) groups is 1. The number of piperidine rings is 1. The quantitative estimate of drug-likeness (QED) is 0.283. The number of likely N-dealkylation sites (tertiary alicyclic amines) is 1. The van der Waals surface area contributed by atoms with Crippen LogP contribution in [0.4, 0.5) is 0 Å². The van der Waals surface area contributed by atoms with Gasteiger partial charge in [-0.15, -0.1) is 24.0 Å². The number of methoxy groups -OCH3 is 1. The highest BCUT2D eigenvalue weighted by Gasteiger charge is 2.24. The molecule has 31 heavy (non-hydrogen) atoms. The molecule has 0 amide bonds. The molecule has 3 rings (SSSR count). The zero-order chi connectivity index (χ0) is 21.2. The molecule has 7 nitrogen and oxygen atoms in total. The molecule has 1 aromatic carbocycles. The van der Waals surface area contributed by atoms with Gasteiger partial charge in [-0.2, -0.15) is 0 Å². The number of nitrogens with zero attached hydrogens (tertiary/aromatic N) is 2. The molecule has 0 saturated carbocycles. The highest BCUT2D eigenvalue weighted by Crippen LogP contribution is 2.27. The van der Waals surface area contributed by atoms with E-state index in [1.165, 1.54) is 19.3 Å². The smallest absolute Gasteiger partial charge is 0.191 e. The van der Waals surface area contributed by atoms with Crippen molar-refractivity contribution in [2.24, 2.45) is 4.99 Å². The van der Waals surface area contributed by atoms with E-state index in [0.717, 1.165) is 42.9 Å². The van der Waals surface area contributed by atoms with E-state index in [4.69, 9.17) is 13.9 Å². The number of furan rings is 1. The number of hydrogen-bond donors (Lipinski definition) is 2. The third-order valence-corrected chi connectivity index (χ3v) is 5.34. The lowest BCUT2D eigenvalue weighted by Gasteiger charge is -2.33. The lowest BCUT2D eigenvalue weighted by Crippen LogP contribution is -2.46. The van der Waals surface area contributed by atoms with Crippen LogP contribution in [0.5, 0.6) is 11.5 Å². The van der Waals surface area contributed by atoms with E-state index in [2.05, 4.69) is 26.6 Å². The molecule has 1 aliphatic heterocycles. The van der Waals surface area contributed by atoms with Crippen LogP contribution in [0.2, 0.25) is 0 Å². The van der Waals surface area contributed by atoms with Crippen LogP contribution < -0.4 is 20.1 Å². The largest absolute Gasteiger partial charge is 0.493 e. The molecule has 1 saturated heterocycles. The Kier molecular flexibility index (Phi) is 11.0. The monoisotopic (exact) mass is 542 g/mol. The zero-order valence-electron chi connectivity index (χ0n) is 18.7. The van der Waals surface area contributed by atoms with Crippen molar-refractivity contribution in [3.63, 3.8) is 0 Å². The second-order valence-electron chi connectivity index (χ2n) is 7.54. The van der Waals surface area contributed by atoms with Gasteiger partial charge >= 0.3 is 0 Å². The maximum absolute atomic E-state index is 6.02. The summed E-state index contributed by atoms with van der Waals surface area (Å²) in [5.74, 6) is 3.21. The van der Waals surface area contributed by atoms with Gasteiger partial charge in [-0.05, 0) is 57.1 Å². The number of guanidine groups is 1. The second kappa shape index (κ2) is 13.5. The minimum atomic E-state index is -0.0529. The van der Waals surface area contributed by atoms with E-state index >= 15 is 0 Å². The molecule has 1 fully saturated rings. The van der Waals surface area contributed by atoms with Crippen LogP contribution in [-0.2, 0) is 0 Å². The van der Waals surface area contributed by atoms with Crippen LogP contribution in [0.25, 0.3) is 0 Å². The normalized spacial score (nSPS) is 16.7. The first-order chi connectivity index (χ1) is 14.7. The van der Waals surface area contributed by atoms with Crippen molar-refractivity contribution < 1.29 is 13.9 Å². The summed E-state index contributed by atoms with van der Waals surface area (Å²) in [6, 6.07) is 11.9. The number of halogens is 1. The second-order valence-corrected chi connectivity index (χ2v) is 7.54. The lowest BCUT2D eigenvalue weighted by molar-refractivity contribution is 0.146. The highest BCUT2D eigenvalue weighted by atomic mass is 127. The minimum Gasteiger partial charge on any atom is -0.493 e. The van der Waals surface area contributed by atoms with Crippen molar-refractivity contribution in [2.45, 2.75) is 38.3 Å². The predicted octanol–water partition coefficient (Wildman–Crippen LogP) is 4.07. The zero-order valence-corrected chi connectivity index (χ0v) is 21.0. The Bertz CT molecular complexity index is 779. The minimum absolute atomic E-state index is 0. The van der Waals surface area contributed by atoms with Crippen molar-refractivity contribution in [2.75, 3.05) is 40.3 Å². The summed E-state index contributed by atoms with van der Waals surface area (Å²) >= 11 is 0. The third kappa shape index (κ3) is 7.60. The van der Waals surface area contributed by atoms with E-state index < -0.39 is 0 Å².